The van der Waals surface area contributed by atoms with Crippen molar-refractivity contribution in [2.24, 2.45) is 4.99 Å². The lowest BCUT2D eigenvalue weighted by atomic mass is 10.0. The fraction of sp³-hybridized carbons (Fsp3) is 0.300. The van der Waals surface area contributed by atoms with E-state index >= 15 is 0 Å². The normalized spacial score (nSPS) is 11.9. The zero-order valence-electron chi connectivity index (χ0n) is 16.0. The second-order valence-electron chi connectivity index (χ2n) is 6.54. The zero-order valence-corrected chi connectivity index (χ0v) is 17.6. The van der Waals surface area contributed by atoms with Gasteiger partial charge in [0.2, 0.25) is 0 Å². The molecule has 0 saturated heterocycles. The van der Waals surface area contributed by atoms with Crippen LogP contribution in [0.3, 0.4) is 0 Å². The summed E-state index contributed by atoms with van der Waals surface area (Å²) in [5.74, 6) is 0.642. The van der Waals surface area contributed by atoms with E-state index in [9.17, 15) is 14.9 Å². The molecule has 1 aromatic heterocycles. The van der Waals surface area contributed by atoms with E-state index in [0.717, 1.165) is 27.1 Å². The van der Waals surface area contributed by atoms with Crippen LogP contribution in [-0.4, -0.2) is 27.4 Å². The maximum absolute atomic E-state index is 12.6. The van der Waals surface area contributed by atoms with Crippen molar-refractivity contribution >= 4 is 44.9 Å². The summed E-state index contributed by atoms with van der Waals surface area (Å²) in [6, 6.07) is 10.7. The van der Waals surface area contributed by atoms with Gasteiger partial charge in [-0.15, -0.1) is 0 Å². The van der Waals surface area contributed by atoms with Crippen LogP contribution in [-0.2, 0) is 17.8 Å². The molecule has 1 amide bonds. The number of non-ortho nitro benzene ring substituents is 1. The summed E-state index contributed by atoms with van der Waals surface area (Å²) in [5, 5.41) is 11.1. The first-order chi connectivity index (χ1) is 13.4. The fourth-order valence-electron chi connectivity index (χ4n) is 2.89. The van der Waals surface area contributed by atoms with Crippen LogP contribution in [0.15, 0.2) is 41.4 Å². The molecule has 1 heterocycles. The van der Waals surface area contributed by atoms with Gasteiger partial charge in [-0.1, -0.05) is 29.5 Å². The van der Waals surface area contributed by atoms with Crippen molar-refractivity contribution in [1.82, 2.24) is 4.57 Å². The minimum Gasteiger partial charge on any atom is -0.316 e. The van der Waals surface area contributed by atoms with Crippen LogP contribution >= 0.6 is 23.1 Å². The van der Waals surface area contributed by atoms with Crippen LogP contribution in [0.4, 0.5) is 5.69 Å². The number of nitro benzene ring substituents is 1. The third-order valence-electron chi connectivity index (χ3n) is 4.54. The molecule has 0 bridgehead atoms. The van der Waals surface area contributed by atoms with Crippen LogP contribution in [0.25, 0.3) is 10.2 Å². The number of aryl methyl sites for hydroxylation is 3. The third kappa shape index (κ3) is 4.51. The average Bonchev–Trinajstić information content (AvgIpc) is 2.98. The Labute approximate surface area is 171 Å². The van der Waals surface area contributed by atoms with Crippen molar-refractivity contribution in [2.75, 3.05) is 12.0 Å². The number of aromatic nitrogens is 1. The quantitative estimate of drug-likeness (QED) is 0.445. The van der Waals surface area contributed by atoms with Crippen LogP contribution in [0, 0.1) is 24.0 Å². The summed E-state index contributed by atoms with van der Waals surface area (Å²) in [6.45, 7) is 4.75. The van der Waals surface area contributed by atoms with Crippen molar-refractivity contribution in [1.29, 1.82) is 0 Å². The fourth-order valence-corrected chi connectivity index (χ4v) is 4.37. The Morgan fingerprint density at radius 1 is 1.21 bits per heavy atom. The second-order valence-corrected chi connectivity index (χ2v) is 8.53. The molecule has 6 nitrogen and oxygen atoms in total. The smallest absolute Gasteiger partial charge is 0.270 e. The lowest BCUT2D eigenvalue weighted by molar-refractivity contribution is -0.384. The van der Waals surface area contributed by atoms with Crippen LogP contribution in [0.5, 0.6) is 0 Å². The monoisotopic (exact) mass is 415 g/mol. The molecule has 0 N–H and O–H groups in total. The lowest BCUT2D eigenvalue weighted by Crippen LogP contribution is -2.18. The van der Waals surface area contributed by atoms with Crippen LogP contribution in [0.1, 0.15) is 16.7 Å². The predicted molar refractivity (Wildman–Crippen MR) is 115 cm³/mol. The van der Waals surface area contributed by atoms with Gasteiger partial charge in [-0.25, -0.2) is 0 Å². The number of nitro groups is 1. The van der Waals surface area contributed by atoms with Gasteiger partial charge in [-0.3, -0.25) is 14.9 Å². The molecule has 0 saturated carbocycles. The van der Waals surface area contributed by atoms with Gasteiger partial charge in [0.05, 0.1) is 21.6 Å². The number of carbonyl (C=O) groups excluding carboxylic acids is 1. The number of fused-ring (bicyclic) bond motifs is 1. The Kier molecular flexibility index (Phi) is 6.31. The molecule has 0 atom stereocenters. The number of benzene rings is 2. The minimum absolute atomic E-state index is 0.0405. The molecule has 0 unspecified atom stereocenters. The van der Waals surface area contributed by atoms with E-state index in [1.807, 2.05) is 42.9 Å². The van der Waals surface area contributed by atoms with Crippen LogP contribution in [0.2, 0.25) is 0 Å². The molecule has 0 radical (unpaired) electrons. The third-order valence-corrected chi connectivity index (χ3v) is 6.18. The summed E-state index contributed by atoms with van der Waals surface area (Å²) in [5.41, 5.74) is 4.18. The number of hydrogen-bond donors (Lipinski definition) is 0. The van der Waals surface area contributed by atoms with Crippen molar-refractivity contribution < 1.29 is 9.72 Å². The van der Waals surface area contributed by atoms with Gasteiger partial charge >= 0.3 is 0 Å². The molecular weight excluding hydrogens is 394 g/mol. The first-order valence-corrected chi connectivity index (χ1v) is 11.0. The van der Waals surface area contributed by atoms with E-state index in [1.54, 1.807) is 23.9 Å². The van der Waals surface area contributed by atoms with Gasteiger partial charge in [0.15, 0.2) is 4.80 Å². The SMILES string of the molecule is CSCCn1c(=NC(=O)Cc2ccc(C)c(C)c2)sc2cc([N+](=O)[O-])ccc21. The highest BCUT2D eigenvalue weighted by Gasteiger charge is 2.13. The summed E-state index contributed by atoms with van der Waals surface area (Å²) >= 11 is 3.01. The largest absolute Gasteiger partial charge is 0.316 e. The number of amides is 1. The summed E-state index contributed by atoms with van der Waals surface area (Å²) in [7, 11) is 0. The highest BCUT2D eigenvalue weighted by molar-refractivity contribution is 7.98. The Balaban J connectivity index is 1.99. The Bertz CT molecular complexity index is 1120. The van der Waals surface area contributed by atoms with Crippen molar-refractivity contribution in [3.05, 3.63) is 68.0 Å². The van der Waals surface area contributed by atoms with Gasteiger partial charge in [-0.05, 0) is 42.9 Å². The molecule has 2 aromatic carbocycles. The molecule has 0 spiro atoms. The van der Waals surface area contributed by atoms with Crippen molar-refractivity contribution in [3.8, 4) is 0 Å². The minimum atomic E-state index is -0.410. The molecule has 0 aliphatic rings. The molecule has 3 rings (SSSR count). The molecule has 28 heavy (non-hydrogen) atoms. The predicted octanol–water partition coefficient (Wildman–Crippen LogP) is 4.26. The van der Waals surface area contributed by atoms with Gasteiger partial charge in [0.25, 0.3) is 11.6 Å². The van der Waals surface area contributed by atoms with E-state index in [-0.39, 0.29) is 18.0 Å². The molecule has 0 aliphatic heterocycles. The summed E-state index contributed by atoms with van der Waals surface area (Å²) in [4.78, 5) is 28.1. The molecule has 146 valence electrons. The Hall–Kier alpha value is -2.45. The number of rotatable bonds is 6. The number of nitrogens with zero attached hydrogens (tertiary/aromatic N) is 3. The van der Waals surface area contributed by atoms with Crippen LogP contribution < -0.4 is 4.80 Å². The maximum atomic E-state index is 12.6. The number of thioether (sulfide) groups is 1. The molecule has 0 aliphatic carbocycles. The molecule has 0 fully saturated rings. The van der Waals surface area contributed by atoms with Crippen molar-refractivity contribution in [2.45, 2.75) is 26.8 Å². The van der Waals surface area contributed by atoms with Gasteiger partial charge in [0, 0.05) is 24.4 Å². The number of carbonyl (C=O) groups is 1. The zero-order chi connectivity index (χ0) is 20.3. The Morgan fingerprint density at radius 3 is 2.68 bits per heavy atom. The topological polar surface area (TPSA) is 77.5 Å². The second kappa shape index (κ2) is 8.70. The van der Waals surface area contributed by atoms with Gasteiger partial charge in [-0.2, -0.15) is 16.8 Å². The van der Waals surface area contributed by atoms with E-state index in [1.165, 1.54) is 23.0 Å². The van der Waals surface area contributed by atoms with E-state index in [2.05, 4.69) is 4.99 Å². The van der Waals surface area contributed by atoms with E-state index < -0.39 is 4.92 Å². The van der Waals surface area contributed by atoms with Crippen molar-refractivity contribution in [3.63, 3.8) is 0 Å². The molecule has 3 aromatic rings. The standard InChI is InChI=1S/C20H21N3O3S2/c1-13-4-5-15(10-14(13)2)11-19(24)21-20-22(8-9-27-3)17-7-6-16(23(25)26)12-18(17)28-20/h4-7,10,12H,8-9,11H2,1-3H3. The first kappa shape index (κ1) is 20.3. The highest BCUT2D eigenvalue weighted by atomic mass is 32.2. The van der Waals surface area contributed by atoms with E-state index in [0.29, 0.717) is 11.3 Å². The number of thiazole rings is 1. The highest BCUT2D eigenvalue weighted by Crippen LogP contribution is 2.23. The van der Waals surface area contributed by atoms with E-state index in [4.69, 9.17) is 0 Å². The summed E-state index contributed by atoms with van der Waals surface area (Å²) < 4.78 is 2.73. The molecular formula is C20H21N3O3S2. The Morgan fingerprint density at radius 2 is 2.00 bits per heavy atom. The maximum Gasteiger partial charge on any atom is 0.270 e. The molecule has 8 heteroatoms. The van der Waals surface area contributed by atoms with Gasteiger partial charge < -0.3 is 4.57 Å². The summed E-state index contributed by atoms with van der Waals surface area (Å²) in [6.07, 6.45) is 2.25. The van der Waals surface area contributed by atoms with Gasteiger partial charge in [0.1, 0.15) is 0 Å². The lowest BCUT2D eigenvalue weighted by Gasteiger charge is -2.04. The first-order valence-electron chi connectivity index (χ1n) is 8.79. The number of hydrogen-bond acceptors (Lipinski definition) is 5. The average molecular weight is 416 g/mol.